The zero-order chi connectivity index (χ0) is 22.0. The van der Waals surface area contributed by atoms with E-state index in [-0.39, 0.29) is 15.5 Å². The highest BCUT2D eigenvalue weighted by atomic mass is 35.5. The number of halogens is 1. The van der Waals surface area contributed by atoms with Crippen molar-refractivity contribution >= 4 is 39.0 Å². The van der Waals surface area contributed by atoms with Gasteiger partial charge in [0.05, 0.1) is 27.4 Å². The van der Waals surface area contributed by atoms with Crippen LogP contribution in [0.4, 0.5) is 11.5 Å². The summed E-state index contributed by atoms with van der Waals surface area (Å²) in [5.74, 6) is 0.389. The molecule has 8 nitrogen and oxygen atoms in total. The van der Waals surface area contributed by atoms with E-state index in [0.717, 1.165) is 44.8 Å². The van der Waals surface area contributed by atoms with Gasteiger partial charge in [0.15, 0.2) is 0 Å². The van der Waals surface area contributed by atoms with Crippen LogP contribution in [-0.2, 0) is 10.0 Å². The Labute approximate surface area is 187 Å². The number of likely N-dealkylation sites (N-methyl/N-ethyl adjacent to an activating group) is 1. The lowest BCUT2D eigenvalue weighted by atomic mass is 10.2. The molecule has 2 aromatic rings. The Kier molecular flexibility index (Phi) is 6.47. The van der Waals surface area contributed by atoms with Crippen molar-refractivity contribution in [3.8, 4) is 0 Å². The predicted molar refractivity (Wildman–Crippen MR) is 121 cm³/mol. The summed E-state index contributed by atoms with van der Waals surface area (Å²) in [6, 6.07) is 7.90. The molecule has 0 aliphatic carbocycles. The van der Waals surface area contributed by atoms with Gasteiger partial charge in [-0.2, -0.15) is 4.31 Å². The van der Waals surface area contributed by atoms with E-state index in [9.17, 15) is 13.2 Å². The summed E-state index contributed by atoms with van der Waals surface area (Å²) in [4.78, 5) is 21.8. The molecule has 4 rings (SSSR count). The van der Waals surface area contributed by atoms with E-state index >= 15 is 0 Å². The number of benzene rings is 1. The zero-order valence-corrected chi connectivity index (χ0v) is 19.0. The third-order valence-electron chi connectivity index (χ3n) is 5.72. The summed E-state index contributed by atoms with van der Waals surface area (Å²) in [7, 11) is -1.54. The van der Waals surface area contributed by atoms with Gasteiger partial charge in [0, 0.05) is 39.3 Å². The van der Waals surface area contributed by atoms with Gasteiger partial charge in [0.1, 0.15) is 5.82 Å². The highest BCUT2D eigenvalue weighted by Crippen LogP contribution is 2.26. The lowest BCUT2D eigenvalue weighted by molar-refractivity contribution is 0.102. The Hall–Kier alpha value is -2.20. The minimum Gasteiger partial charge on any atom is -0.354 e. The summed E-state index contributed by atoms with van der Waals surface area (Å²) in [6.07, 6.45) is 3.29. The van der Waals surface area contributed by atoms with E-state index in [2.05, 4.69) is 27.1 Å². The van der Waals surface area contributed by atoms with Crippen LogP contribution in [0.1, 0.15) is 23.2 Å². The lowest BCUT2D eigenvalue weighted by Crippen LogP contribution is -2.44. The first-order valence-corrected chi connectivity index (χ1v) is 12.2. The molecule has 3 heterocycles. The number of aromatic nitrogens is 1. The normalized spacial score (nSPS) is 18.3. The van der Waals surface area contributed by atoms with Gasteiger partial charge < -0.3 is 15.1 Å². The van der Waals surface area contributed by atoms with Crippen LogP contribution in [0.2, 0.25) is 5.02 Å². The van der Waals surface area contributed by atoms with Gasteiger partial charge >= 0.3 is 0 Å². The first-order chi connectivity index (χ1) is 14.8. The summed E-state index contributed by atoms with van der Waals surface area (Å²) in [5.41, 5.74) is 0.636. The van der Waals surface area contributed by atoms with Gasteiger partial charge in [-0.25, -0.2) is 13.4 Å². The fraction of sp³-hybridized carbons (Fsp3) is 0.429. The summed E-state index contributed by atoms with van der Waals surface area (Å²) >= 11 is 6.21. The standard InChI is InChI=1S/C21H26ClN5O3S/c1-25-10-12-26(13-11-25)20-7-4-16(15-23-20)24-21(28)18-14-17(5-6-19(18)22)31(29,30)27-8-2-3-9-27/h4-7,14-15H,2-3,8-13H2,1H3,(H,24,28). The number of sulfonamides is 1. The van der Waals surface area contributed by atoms with Crippen LogP contribution in [0.25, 0.3) is 0 Å². The van der Waals surface area contributed by atoms with E-state index < -0.39 is 15.9 Å². The maximum atomic E-state index is 12.8. The number of pyridine rings is 1. The molecule has 2 fully saturated rings. The van der Waals surface area contributed by atoms with E-state index in [4.69, 9.17) is 11.6 Å². The van der Waals surface area contributed by atoms with E-state index in [1.165, 1.54) is 22.5 Å². The van der Waals surface area contributed by atoms with Crippen LogP contribution >= 0.6 is 11.6 Å². The molecule has 0 atom stereocenters. The van der Waals surface area contributed by atoms with E-state index in [0.29, 0.717) is 18.8 Å². The third-order valence-corrected chi connectivity index (χ3v) is 7.94. The van der Waals surface area contributed by atoms with Crippen molar-refractivity contribution in [1.29, 1.82) is 0 Å². The van der Waals surface area contributed by atoms with Crippen LogP contribution in [-0.4, -0.2) is 74.8 Å². The average molecular weight is 464 g/mol. The Bertz CT molecular complexity index is 1050. The van der Waals surface area contributed by atoms with Gasteiger partial charge in [-0.1, -0.05) is 11.6 Å². The number of hydrogen-bond donors (Lipinski definition) is 1. The van der Waals surface area contributed by atoms with Gasteiger partial charge in [0.25, 0.3) is 5.91 Å². The fourth-order valence-electron chi connectivity index (χ4n) is 3.80. The first-order valence-electron chi connectivity index (χ1n) is 10.4. The van der Waals surface area contributed by atoms with Crippen LogP contribution in [0, 0.1) is 0 Å². The number of carbonyl (C=O) groups excluding carboxylic acids is 1. The molecule has 2 aliphatic heterocycles. The van der Waals surface area contributed by atoms with Crippen LogP contribution in [0.15, 0.2) is 41.4 Å². The summed E-state index contributed by atoms with van der Waals surface area (Å²) in [5, 5.41) is 2.96. The molecule has 0 unspecified atom stereocenters. The summed E-state index contributed by atoms with van der Waals surface area (Å²) in [6.45, 7) is 4.77. The minimum atomic E-state index is -3.63. The maximum absolute atomic E-state index is 12.8. The highest BCUT2D eigenvalue weighted by molar-refractivity contribution is 7.89. The predicted octanol–water partition coefficient (Wildman–Crippen LogP) is 2.52. The Morgan fingerprint density at radius 2 is 1.74 bits per heavy atom. The number of hydrogen-bond acceptors (Lipinski definition) is 6. The van der Waals surface area contributed by atoms with Crippen molar-refractivity contribution in [2.45, 2.75) is 17.7 Å². The van der Waals surface area contributed by atoms with Gasteiger partial charge in [-0.15, -0.1) is 0 Å². The van der Waals surface area contributed by atoms with Crippen molar-refractivity contribution < 1.29 is 13.2 Å². The molecule has 31 heavy (non-hydrogen) atoms. The first kappa shape index (κ1) is 22.0. The topological polar surface area (TPSA) is 85.8 Å². The second kappa shape index (κ2) is 9.12. The highest BCUT2D eigenvalue weighted by Gasteiger charge is 2.28. The Morgan fingerprint density at radius 1 is 1.03 bits per heavy atom. The number of nitrogens with zero attached hydrogens (tertiary/aromatic N) is 4. The van der Waals surface area contributed by atoms with Crippen LogP contribution in [0.5, 0.6) is 0 Å². The molecule has 2 aliphatic rings. The van der Waals surface area contributed by atoms with Crippen LogP contribution < -0.4 is 10.2 Å². The van der Waals surface area contributed by atoms with E-state index in [1.54, 1.807) is 12.3 Å². The minimum absolute atomic E-state index is 0.0764. The monoisotopic (exact) mass is 463 g/mol. The number of carbonyl (C=O) groups is 1. The molecule has 1 aromatic carbocycles. The molecule has 0 saturated carbocycles. The largest absolute Gasteiger partial charge is 0.354 e. The second-order valence-corrected chi connectivity index (χ2v) is 10.2. The molecule has 0 radical (unpaired) electrons. The van der Waals surface area contributed by atoms with Crippen molar-refractivity contribution in [3.05, 3.63) is 47.1 Å². The Morgan fingerprint density at radius 3 is 2.39 bits per heavy atom. The maximum Gasteiger partial charge on any atom is 0.257 e. The number of anilines is 2. The molecule has 0 spiro atoms. The molecular formula is C21H26ClN5O3S. The molecule has 2 saturated heterocycles. The molecule has 1 N–H and O–H groups in total. The summed E-state index contributed by atoms with van der Waals surface area (Å²) < 4.78 is 27.1. The fourth-order valence-corrected chi connectivity index (χ4v) is 5.54. The second-order valence-electron chi connectivity index (χ2n) is 7.90. The van der Waals surface area contributed by atoms with Crippen LogP contribution in [0.3, 0.4) is 0 Å². The third kappa shape index (κ3) is 4.85. The molecule has 1 amide bonds. The molecular weight excluding hydrogens is 438 g/mol. The molecule has 10 heteroatoms. The van der Waals surface area contributed by atoms with Gasteiger partial charge in [-0.05, 0) is 50.2 Å². The zero-order valence-electron chi connectivity index (χ0n) is 17.4. The van der Waals surface area contributed by atoms with Gasteiger partial charge in [0.2, 0.25) is 10.0 Å². The average Bonchev–Trinajstić information content (AvgIpc) is 3.31. The quantitative estimate of drug-likeness (QED) is 0.733. The van der Waals surface area contributed by atoms with Crippen molar-refractivity contribution in [3.63, 3.8) is 0 Å². The number of rotatable bonds is 5. The van der Waals surface area contributed by atoms with Crippen molar-refractivity contribution in [2.75, 3.05) is 56.5 Å². The number of amides is 1. The number of piperazine rings is 1. The number of nitrogens with one attached hydrogen (secondary N) is 1. The smallest absolute Gasteiger partial charge is 0.257 e. The Balaban J connectivity index is 1.48. The molecule has 1 aromatic heterocycles. The van der Waals surface area contributed by atoms with Crippen molar-refractivity contribution in [1.82, 2.24) is 14.2 Å². The molecule has 166 valence electrons. The van der Waals surface area contributed by atoms with Gasteiger partial charge in [-0.3, -0.25) is 4.79 Å². The SMILES string of the molecule is CN1CCN(c2ccc(NC(=O)c3cc(S(=O)(=O)N4CCCC4)ccc3Cl)cn2)CC1. The molecule has 0 bridgehead atoms. The lowest BCUT2D eigenvalue weighted by Gasteiger charge is -2.33. The van der Waals surface area contributed by atoms with Crippen molar-refractivity contribution in [2.24, 2.45) is 0 Å². The van der Waals surface area contributed by atoms with E-state index in [1.807, 2.05) is 6.07 Å².